The van der Waals surface area contributed by atoms with Gasteiger partial charge in [0, 0.05) is 6.42 Å². The van der Waals surface area contributed by atoms with Gasteiger partial charge in [0.15, 0.2) is 5.78 Å². The van der Waals surface area contributed by atoms with E-state index in [4.69, 9.17) is 14.9 Å². The summed E-state index contributed by atoms with van der Waals surface area (Å²) in [6.45, 7) is 7.36. The molecular formula is C18H30N2O5. The topological polar surface area (TPSA) is 106 Å². The van der Waals surface area contributed by atoms with Crippen molar-refractivity contribution in [3.8, 4) is 0 Å². The Morgan fingerprint density at radius 3 is 2.36 bits per heavy atom. The molecule has 1 aliphatic carbocycles. The van der Waals surface area contributed by atoms with Crippen molar-refractivity contribution in [1.82, 2.24) is 5.32 Å². The average Bonchev–Trinajstić information content (AvgIpc) is 3.38. The van der Waals surface area contributed by atoms with Crippen molar-refractivity contribution in [2.24, 2.45) is 5.92 Å². The molecule has 0 aromatic heterocycles. The van der Waals surface area contributed by atoms with Crippen LogP contribution in [0.15, 0.2) is 0 Å². The summed E-state index contributed by atoms with van der Waals surface area (Å²) in [4.78, 5) is 36.2. The smallest absolute Gasteiger partial charge is 0.328 e. The summed E-state index contributed by atoms with van der Waals surface area (Å²) in [6.07, 6.45) is 2.67. The standard InChI is InChI=1S/C18H30N2O5/c1-5-12(4)16(25-14-7-8-14)17(22)20-15(9-6-13(21)10-19)18(23)24-11(2)3/h10-12,14-16,19H,5-9H2,1-4H3,(H,20,22)/t12?,15-,16-/m0/s1. The Morgan fingerprint density at radius 1 is 1.24 bits per heavy atom. The number of carbonyl (C=O) groups excluding carboxylic acids is 3. The highest BCUT2D eigenvalue weighted by Crippen LogP contribution is 2.28. The molecule has 1 fully saturated rings. The summed E-state index contributed by atoms with van der Waals surface area (Å²) in [5.74, 6) is -1.31. The van der Waals surface area contributed by atoms with E-state index in [0.29, 0.717) is 6.21 Å². The first-order chi connectivity index (χ1) is 11.8. The zero-order valence-electron chi connectivity index (χ0n) is 15.5. The van der Waals surface area contributed by atoms with E-state index in [-0.39, 0.29) is 36.9 Å². The fourth-order valence-corrected chi connectivity index (χ4v) is 2.26. The molecule has 0 heterocycles. The quantitative estimate of drug-likeness (QED) is 0.412. The maximum absolute atomic E-state index is 12.6. The zero-order valence-corrected chi connectivity index (χ0v) is 15.5. The molecule has 1 unspecified atom stereocenters. The van der Waals surface area contributed by atoms with Crippen molar-refractivity contribution < 1.29 is 23.9 Å². The van der Waals surface area contributed by atoms with Crippen molar-refractivity contribution in [2.75, 3.05) is 0 Å². The Morgan fingerprint density at radius 2 is 1.88 bits per heavy atom. The van der Waals surface area contributed by atoms with Gasteiger partial charge in [0.05, 0.1) is 18.4 Å². The maximum Gasteiger partial charge on any atom is 0.328 e. The minimum absolute atomic E-state index is 0.000871. The second-order valence-corrected chi connectivity index (χ2v) is 6.84. The number of nitrogens with one attached hydrogen (secondary N) is 2. The van der Waals surface area contributed by atoms with Crippen LogP contribution in [0.4, 0.5) is 0 Å². The van der Waals surface area contributed by atoms with E-state index in [9.17, 15) is 14.4 Å². The summed E-state index contributed by atoms with van der Waals surface area (Å²) in [6, 6.07) is -0.923. The molecule has 1 rings (SSSR count). The van der Waals surface area contributed by atoms with Gasteiger partial charge in [-0.1, -0.05) is 20.3 Å². The van der Waals surface area contributed by atoms with Gasteiger partial charge in [-0.15, -0.1) is 0 Å². The summed E-state index contributed by atoms with van der Waals surface area (Å²) >= 11 is 0. The van der Waals surface area contributed by atoms with E-state index in [0.717, 1.165) is 19.3 Å². The first-order valence-corrected chi connectivity index (χ1v) is 8.98. The Balaban J connectivity index is 2.76. The van der Waals surface area contributed by atoms with Gasteiger partial charge in [0.1, 0.15) is 12.1 Å². The van der Waals surface area contributed by atoms with Crippen LogP contribution >= 0.6 is 0 Å². The highest BCUT2D eigenvalue weighted by Gasteiger charge is 2.35. The molecule has 3 atom stereocenters. The van der Waals surface area contributed by atoms with Crippen LogP contribution in [0.5, 0.6) is 0 Å². The number of hydrogen-bond donors (Lipinski definition) is 2. The van der Waals surface area contributed by atoms with Crippen LogP contribution in [0.2, 0.25) is 0 Å². The molecule has 7 heteroatoms. The van der Waals surface area contributed by atoms with E-state index in [1.807, 2.05) is 13.8 Å². The molecule has 1 amide bonds. The number of ether oxygens (including phenoxy) is 2. The lowest BCUT2D eigenvalue weighted by atomic mass is 10.00. The average molecular weight is 354 g/mol. The lowest BCUT2D eigenvalue weighted by Gasteiger charge is -2.25. The van der Waals surface area contributed by atoms with Crippen molar-refractivity contribution in [3.05, 3.63) is 0 Å². The number of Topliss-reactive ketones (excluding diaryl/α,β-unsaturated/α-hetero) is 1. The fourth-order valence-electron chi connectivity index (χ4n) is 2.26. The highest BCUT2D eigenvalue weighted by atomic mass is 16.5. The van der Waals surface area contributed by atoms with Crippen molar-refractivity contribution in [2.45, 2.75) is 84.2 Å². The zero-order chi connectivity index (χ0) is 19.0. The van der Waals surface area contributed by atoms with Gasteiger partial charge in [0.25, 0.3) is 0 Å². The van der Waals surface area contributed by atoms with Crippen molar-refractivity contribution >= 4 is 23.9 Å². The van der Waals surface area contributed by atoms with Gasteiger partial charge in [-0.2, -0.15) is 0 Å². The molecule has 0 aromatic carbocycles. The Kier molecular flexibility index (Phi) is 8.75. The van der Waals surface area contributed by atoms with Gasteiger partial charge in [-0.05, 0) is 39.0 Å². The second kappa shape index (κ2) is 10.3. The number of hydrogen-bond acceptors (Lipinski definition) is 6. The predicted octanol–water partition coefficient (Wildman–Crippen LogP) is 2.02. The number of carbonyl (C=O) groups is 3. The minimum atomic E-state index is -0.923. The molecule has 1 saturated carbocycles. The maximum atomic E-state index is 12.6. The molecule has 0 radical (unpaired) electrons. The molecule has 25 heavy (non-hydrogen) atoms. The summed E-state index contributed by atoms with van der Waals surface area (Å²) in [5, 5.41) is 9.63. The van der Waals surface area contributed by atoms with Crippen LogP contribution in [0.3, 0.4) is 0 Å². The van der Waals surface area contributed by atoms with Crippen LogP contribution in [0.25, 0.3) is 0 Å². The first kappa shape index (κ1) is 21.3. The molecule has 7 nitrogen and oxygen atoms in total. The largest absolute Gasteiger partial charge is 0.461 e. The molecule has 0 aliphatic heterocycles. The lowest BCUT2D eigenvalue weighted by Crippen LogP contribution is -2.49. The molecule has 0 saturated heterocycles. The molecule has 0 bridgehead atoms. The molecule has 0 spiro atoms. The van der Waals surface area contributed by atoms with E-state index in [2.05, 4.69) is 5.32 Å². The molecule has 142 valence electrons. The van der Waals surface area contributed by atoms with Gasteiger partial charge in [-0.3, -0.25) is 9.59 Å². The normalized spacial score (nSPS) is 17.5. The van der Waals surface area contributed by atoms with E-state index in [1.165, 1.54) is 0 Å². The first-order valence-electron chi connectivity index (χ1n) is 8.98. The monoisotopic (exact) mass is 354 g/mol. The number of rotatable bonds is 12. The third-order valence-electron chi connectivity index (χ3n) is 4.08. The van der Waals surface area contributed by atoms with Crippen LogP contribution < -0.4 is 5.32 Å². The minimum Gasteiger partial charge on any atom is -0.461 e. The molecule has 2 N–H and O–H groups in total. The third kappa shape index (κ3) is 7.77. The van der Waals surface area contributed by atoms with Crippen molar-refractivity contribution in [1.29, 1.82) is 5.41 Å². The summed E-state index contributed by atoms with van der Waals surface area (Å²) in [7, 11) is 0. The number of ketones is 1. The van der Waals surface area contributed by atoms with E-state index in [1.54, 1.807) is 13.8 Å². The lowest BCUT2D eigenvalue weighted by molar-refractivity contribution is -0.153. The van der Waals surface area contributed by atoms with Crippen LogP contribution in [-0.2, 0) is 23.9 Å². The summed E-state index contributed by atoms with van der Waals surface area (Å²) < 4.78 is 11.0. The van der Waals surface area contributed by atoms with Crippen LogP contribution in [0.1, 0.15) is 59.8 Å². The molecule has 0 aromatic rings. The van der Waals surface area contributed by atoms with Crippen molar-refractivity contribution in [3.63, 3.8) is 0 Å². The van der Waals surface area contributed by atoms with Gasteiger partial charge in [-0.25, -0.2) is 4.79 Å². The molecular weight excluding hydrogens is 324 g/mol. The van der Waals surface area contributed by atoms with Crippen LogP contribution in [-0.4, -0.2) is 48.2 Å². The Bertz CT molecular complexity index is 488. The highest BCUT2D eigenvalue weighted by molar-refractivity contribution is 6.26. The molecule has 1 aliphatic rings. The Hall–Kier alpha value is -1.76. The summed E-state index contributed by atoms with van der Waals surface area (Å²) in [5.41, 5.74) is 0. The van der Waals surface area contributed by atoms with Gasteiger partial charge < -0.3 is 20.2 Å². The predicted molar refractivity (Wildman–Crippen MR) is 93.5 cm³/mol. The second-order valence-electron chi connectivity index (χ2n) is 6.84. The van der Waals surface area contributed by atoms with Gasteiger partial charge in [0.2, 0.25) is 5.91 Å². The fraction of sp³-hybridized carbons (Fsp3) is 0.778. The SMILES string of the molecule is CCC(C)[C@H](OC1CC1)C(=O)N[C@@H](CCC(=O)C=N)C(=O)OC(C)C. The van der Waals surface area contributed by atoms with E-state index >= 15 is 0 Å². The van der Waals surface area contributed by atoms with E-state index < -0.39 is 23.9 Å². The third-order valence-corrected chi connectivity index (χ3v) is 4.08. The van der Waals surface area contributed by atoms with Crippen LogP contribution in [0, 0.1) is 11.3 Å². The number of amides is 1. The number of esters is 1. The van der Waals surface area contributed by atoms with Gasteiger partial charge >= 0.3 is 5.97 Å². The Labute approximate surface area is 149 Å².